The van der Waals surface area contributed by atoms with Gasteiger partial charge in [-0.3, -0.25) is 4.79 Å². The summed E-state index contributed by atoms with van der Waals surface area (Å²) in [5, 5.41) is 6.63. The number of carbonyl (C=O) groups is 1. The van der Waals surface area contributed by atoms with Crippen LogP contribution in [-0.4, -0.2) is 38.3 Å². The van der Waals surface area contributed by atoms with Gasteiger partial charge in [0.05, 0.1) is 0 Å². The van der Waals surface area contributed by atoms with Crippen molar-refractivity contribution in [2.45, 2.75) is 58.0 Å². The van der Waals surface area contributed by atoms with Crippen molar-refractivity contribution in [1.29, 1.82) is 0 Å². The molecule has 1 aliphatic carbocycles. The normalized spacial score (nSPS) is 25.7. The lowest BCUT2D eigenvalue weighted by molar-refractivity contribution is -0.123. The second-order valence-electron chi connectivity index (χ2n) is 5.44. The maximum atomic E-state index is 11.8. The molecule has 0 aromatic carbocycles. The third-order valence-electron chi connectivity index (χ3n) is 3.57. The fourth-order valence-electron chi connectivity index (χ4n) is 2.68. The van der Waals surface area contributed by atoms with Crippen LogP contribution in [0, 0.1) is 5.92 Å². The Bertz CT molecular complexity index is 238. The molecule has 1 amide bonds. The van der Waals surface area contributed by atoms with Crippen molar-refractivity contribution in [3.05, 3.63) is 0 Å². The van der Waals surface area contributed by atoms with Crippen molar-refractivity contribution >= 4 is 5.91 Å². The van der Waals surface area contributed by atoms with E-state index in [9.17, 15) is 4.79 Å². The monoisotopic (exact) mass is 256 g/mol. The first-order chi connectivity index (χ1) is 8.65. The Kier molecular flexibility index (Phi) is 7.28. The average molecular weight is 256 g/mol. The van der Waals surface area contributed by atoms with E-state index < -0.39 is 0 Å². The van der Waals surface area contributed by atoms with E-state index in [1.54, 1.807) is 7.11 Å². The zero-order valence-corrected chi connectivity index (χ0v) is 12.0. The number of methoxy groups -OCH3 is 1. The minimum atomic E-state index is 0.173. The second kappa shape index (κ2) is 8.48. The Hall–Kier alpha value is -0.610. The molecule has 0 aromatic rings. The number of ether oxygens (including phenoxy) is 1. The van der Waals surface area contributed by atoms with Crippen molar-refractivity contribution in [2.75, 3.05) is 20.3 Å². The molecule has 0 saturated heterocycles. The number of nitrogens with one attached hydrogen (secondary N) is 2. The van der Waals surface area contributed by atoms with E-state index in [1.165, 1.54) is 12.8 Å². The SMILES string of the molecule is CCNC1CCC(NC(=O)CC(C)COC)CC1. The molecule has 4 nitrogen and oxygen atoms in total. The molecule has 106 valence electrons. The number of carbonyl (C=O) groups excluding carboxylic acids is 1. The fraction of sp³-hybridized carbons (Fsp3) is 0.929. The molecule has 1 aliphatic rings. The number of hydrogen-bond donors (Lipinski definition) is 2. The van der Waals surface area contributed by atoms with Crippen molar-refractivity contribution in [2.24, 2.45) is 5.92 Å². The van der Waals surface area contributed by atoms with Gasteiger partial charge in [0, 0.05) is 32.2 Å². The zero-order valence-electron chi connectivity index (χ0n) is 12.0. The van der Waals surface area contributed by atoms with Gasteiger partial charge in [-0.05, 0) is 38.1 Å². The highest BCUT2D eigenvalue weighted by Gasteiger charge is 2.22. The molecular formula is C14H28N2O2. The summed E-state index contributed by atoms with van der Waals surface area (Å²) in [6.07, 6.45) is 5.12. The maximum Gasteiger partial charge on any atom is 0.220 e. The molecule has 1 saturated carbocycles. The van der Waals surface area contributed by atoms with Crippen LogP contribution in [0.5, 0.6) is 0 Å². The van der Waals surface area contributed by atoms with Gasteiger partial charge in [0.2, 0.25) is 5.91 Å². The predicted octanol–water partition coefficient (Wildman–Crippen LogP) is 1.70. The first-order valence-corrected chi connectivity index (χ1v) is 7.17. The maximum absolute atomic E-state index is 11.8. The van der Waals surface area contributed by atoms with Gasteiger partial charge in [-0.25, -0.2) is 0 Å². The summed E-state index contributed by atoms with van der Waals surface area (Å²) in [6.45, 7) is 5.88. The average Bonchev–Trinajstić information content (AvgIpc) is 2.32. The van der Waals surface area contributed by atoms with Gasteiger partial charge in [-0.2, -0.15) is 0 Å². The van der Waals surface area contributed by atoms with Crippen LogP contribution in [-0.2, 0) is 9.53 Å². The molecule has 18 heavy (non-hydrogen) atoms. The molecular weight excluding hydrogens is 228 g/mol. The van der Waals surface area contributed by atoms with E-state index in [0.29, 0.717) is 31.0 Å². The minimum Gasteiger partial charge on any atom is -0.384 e. The van der Waals surface area contributed by atoms with E-state index in [-0.39, 0.29) is 5.91 Å². The fourth-order valence-corrected chi connectivity index (χ4v) is 2.68. The molecule has 0 spiro atoms. The van der Waals surface area contributed by atoms with Gasteiger partial charge in [-0.1, -0.05) is 13.8 Å². The third kappa shape index (κ3) is 5.83. The Morgan fingerprint density at radius 3 is 2.44 bits per heavy atom. The summed E-state index contributed by atoms with van der Waals surface area (Å²) >= 11 is 0. The van der Waals surface area contributed by atoms with Gasteiger partial charge < -0.3 is 15.4 Å². The van der Waals surface area contributed by atoms with Gasteiger partial charge in [0.25, 0.3) is 0 Å². The highest BCUT2D eigenvalue weighted by Crippen LogP contribution is 2.18. The van der Waals surface area contributed by atoms with E-state index in [1.807, 2.05) is 6.92 Å². The van der Waals surface area contributed by atoms with E-state index in [2.05, 4.69) is 17.6 Å². The van der Waals surface area contributed by atoms with Gasteiger partial charge in [0.1, 0.15) is 0 Å². The lowest BCUT2D eigenvalue weighted by Gasteiger charge is -2.29. The lowest BCUT2D eigenvalue weighted by Crippen LogP contribution is -2.42. The molecule has 4 heteroatoms. The minimum absolute atomic E-state index is 0.173. The van der Waals surface area contributed by atoms with Crippen molar-refractivity contribution in [3.8, 4) is 0 Å². The molecule has 1 unspecified atom stereocenters. The Balaban J connectivity index is 2.18. The molecule has 0 bridgehead atoms. The van der Waals surface area contributed by atoms with Gasteiger partial charge in [-0.15, -0.1) is 0 Å². The standard InChI is InChI=1S/C14H28N2O2/c1-4-15-12-5-7-13(8-6-12)16-14(17)9-11(2)10-18-3/h11-13,15H,4-10H2,1-3H3,(H,16,17). The molecule has 1 rings (SSSR count). The molecule has 1 fully saturated rings. The van der Waals surface area contributed by atoms with E-state index in [0.717, 1.165) is 19.4 Å². The predicted molar refractivity (Wildman–Crippen MR) is 73.5 cm³/mol. The summed E-state index contributed by atoms with van der Waals surface area (Å²) in [5.41, 5.74) is 0. The van der Waals surface area contributed by atoms with E-state index in [4.69, 9.17) is 4.74 Å². The number of amides is 1. The Morgan fingerprint density at radius 2 is 1.89 bits per heavy atom. The van der Waals surface area contributed by atoms with Crippen LogP contribution in [0.1, 0.15) is 46.0 Å². The summed E-state index contributed by atoms with van der Waals surface area (Å²) in [6, 6.07) is 1.03. The van der Waals surface area contributed by atoms with Crippen LogP contribution in [0.25, 0.3) is 0 Å². The molecule has 0 aromatic heterocycles. The quantitative estimate of drug-likeness (QED) is 0.729. The first-order valence-electron chi connectivity index (χ1n) is 7.17. The van der Waals surface area contributed by atoms with Crippen molar-refractivity contribution < 1.29 is 9.53 Å². The number of hydrogen-bond acceptors (Lipinski definition) is 3. The van der Waals surface area contributed by atoms with Crippen LogP contribution in [0.15, 0.2) is 0 Å². The molecule has 0 heterocycles. The van der Waals surface area contributed by atoms with Crippen LogP contribution in [0.4, 0.5) is 0 Å². The summed E-state index contributed by atoms with van der Waals surface area (Å²) in [4.78, 5) is 11.8. The molecule has 2 N–H and O–H groups in total. The topological polar surface area (TPSA) is 50.4 Å². The van der Waals surface area contributed by atoms with Crippen LogP contribution >= 0.6 is 0 Å². The highest BCUT2D eigenvalue weighted by atomic mass is 16.5. The molecule has 1 atom stereocenters. The number of rotatable bonds is 7. The van der Waals surface area contributed by atoms with Gasteiger partial charge in [0.15, 0.2) is 0 Å². The molecule has 0 radical (unpaired) electrons. The Labute approximate surface area is 111 Å². The van der Waals surface area contributed by atoms with Crippen molar-refractivity contribution in [3.63, 3.8) is 0 Å². The van der Waals surface area contributed by atoms with Crippen LogP contribution in [0.3, 0.4) is 0 Å². The highest BCUT2D eigenvalue weighted by molar-refractivity contribution is 5.76. The van der Waals surface area contributed by atoms with Crippen LogP contribution < -0.4 is 10.6 Å². The third-order valence-corrected chi connectivity index (χ3v) is 3.57. The largest absolute Gasteiger partial charge is 0.384 e. The smallest absolute Gasteiger partial charge is 0.220 e. The molecule has 0 aliphatic heterocycles. The summed E-state index contributed by atoms with van der Waals surface area (Å²) < 4.78 is 5.05. The van der Waals surface area contributed by atoms with Gasteiger partial charge >= 0.3 is 0 Å². The summed E-state index contributed by atoms with van der Waals surface area (Å²) in [5.74, 6) is 0.472. The zero-order chi connectivity index (χ0) is 13.4. The van der Waals surface area contributed by atoms with E-state index >= 15 is 0 Å². The second-order valence-corrected chi connectivity index (χ2v) is 5.44. The first kappa shape index (κ1) is 15.4. The van der Waals surface area contributed by atoms with Crippen LogP contribution in [0.2, 0.25) is 0 Å². The Morgan fingerprint density at radius 1 is 1.28 bits per heavy atom. The lowest BCUT2D eigenvalue weighted by atomic mass is 9.91. The van der Waals surface area contributed by atoms with Crippen molar-refractivity contribution in [1.82, 2.24) is 10.6 Å². The summed E-state index contributed by atoms with van der Waals surface area (Å²) in [7, 11) is 1.68.